The van der Waals surface area contributed by atoms with Gasteiger partial charge in [0.15, 0.2) is 10.4 Å². The van der Waals surface area contributed by atoms with Crippen molar-refractivity contribution >= 4 is 27.7 Å². The molecule has 0 aliphatic heterocycles. The minimum Gasteiger partial charge on any atom is -0.444 e. The molecule has 1 unspecified atom stereocenters. The summed E-state index contributed by atoms with van der Waals surface area (Å²) in [4.78, 5) is 24.1. The molecule has 1 fully saturated rings. The predicted molar refractivity (Wildman–Crippen MR) is 78.3 cm³/mol. The highest BCUT2D eigenvalue weighted by molar-refractivity contribution is 9.10. The van der Waals surface area contributed by atoms with E-state index in [0.717, 1.165) is 25.7 Å². The van der Waals surface area contributed by atoms with E-state index in [1.165, 1.54) is 6.42 Å². The Morgan fingerprint density at radius 3 is 2.55 bits per heavy atom. The smallest absolute Gasteiger partial charge is 0.287 e. The first kappa shape index (κ1) is 15.1. The maximum atomic E-state index is 12.1. The molecule has 0 radical (unpaired) electrons. The summed E-state index contributed by atoms with van der Waals surface area (Å²) in [5.74, 6) is -0.0848. The summed E-state index contributed by atoms with van der Waals surface area (Å²) in [5.41, 5.74) is 0. The van der Waals surface area contributed by atoms with Crippen molar-refractivity contribution in [2.24, 2.45) is 5.92 Å². The van der Waals surface area contributed by atoms with Gasteiger partial charge in [0.25, 0.3) is 5.91 Å². The van der Waals surface area contributed by atoms with Crippen LogP contribution < -0.4 is 10.6 Å². The molecule has 1 atom stereocenters. The Hall–Kier alpha value is -1.30. The van der Waals surface area contributed by atoms with Crippen LogP contribution in [0.15, 0.2) is 21.2 Å². The van der Waals surface area contributed by atoms with Crippen molar-refractivity contribution in [2.75, 3.05) is 7.05 Å². The number of halogens is 1. The number of nitrogens with one attached hydrogen (secondary N) is 2. The minimum absolute atomic E-state index is 0.143. The normalized spacial score (nSPS) is 17.5. The number of likely N-dealkylation sites (N-methyl/N-ethyl adjacent to an activating group) is 1. The summed E-state index contributed by atoms with van der Waals surface area (Å²) in [6.45, 7) is 0. The zero-order valence-electron chi connectivity index (χ0n) is 11.4. The first-order valence-corrected chi connectivity index (χ1v) is 7.69. The second kappa shape index (κ2) is 6.92. The second-order valence-electron chi connectivity index (χ2n) is 5.07. The molecule has 2 rings (SSSR count). The van der Waals surface area contributed by atoms with Crippen molar-refractivity contribution in [1.29, 1.82) is 0 Å². The number of rotatable bonds is 4. The van der Waals surface area contributed by atoms with E-state index in [2.05, 4.69) is 26.6 Å². The van der Waals surface area contributed by atoms with E-state index in [4.69, 9.17) is 4.42 Å². The van der Waals surface area contributed by atoms with Gasteiger partial charge < -0.3 is 15.1 Å². The minimum atomic E-state index is -0.489. The fourth-order valence-electron chi connectivity index (χ4n) is 2.67. The largest absolute Gasteiger partial charge is 0.444 e. The number of carbonyl (C=O) groups excluding carboxylic acids is 2. The number of hydrogen-bond acceptors (Lipinski definition) is 3. The number of amides is 2. The van der Waals surface area contributed by atoms with Gasteiger partial charge in [0.05, 0.1) is 0 Å². The van der Waals surface area contributed by atoms with Gasteiger partial charge in [0.2, 0.25) is 5.91 Å². The zero-order chi connectivity index (χ0) is 14.5. The molecule has 0 bridgehead atoms. The fraction of sp³-hybridized carbons (Fsp3) is 0.571. The molecule has 0 aromatic carbocycles. The van der Waals surface area contributed by atoms with Crippen molar-refractivity contribution in [1.82, 2.24) is 10.6 Å². The highest BCUT2D eigenvalue weighted by atomic mass is 79.9. The van der Waals surface area contributed by atoms with Gasteiger partial charge in [-0.1, -0.05) is 19.3 Å². The maximum Gasteiger partial charge on any atom is 0.287 e. The number of hydrogen-bond donors (Lipinski definition) is 2. The third-order valence-corrected chi connectivity index (χ3v) is 4.16. The van der Waals surface area contributed by atoms with Gasteiger partial charge in [-0.05, 0) is 46.8 Å². The quantitative estimate of drug-likeness (QED) is 0.882. The topological polar surface area (TPSA) is 71.3 Å². The van der Waals surface area contributed by atoms with Crippen LogP contribution in [-0.4, -0.2) is 24.9 Å². The van der Waals surface area contributed by atoms with Crippen LogP contribution in [-0.2, 0) is 4.79 Å². The molecule has 0 saturated heterocycles. The molecule has 2 N–H and O–H groups in total. The highest BCUT2D eigenvalue weighted by Crippen LogP contribution is 2.27. The first-order chi connectivity index (χ1) is 9.61. The zero-order valence-corrected chi connectivity index (χ0v) is 13.0. The van der Waals surface area contributed by atoms with E-state index in [0.29, 0.717) is 4.67 Å². The van der Waals surface area contributed by atoms with E-state index in [-0.39, 0.29) is 23.5 Å². The maximum absolute atomic E-state index is 12.1. The average Bonchev–Trinajstić information content (AvgIpc) is 2.91. The molecule has 20 heavy (non-hydrogen) atoms. The molecule has 1 saturated carbocycles. The van der Waals surface area contributed by atoms with Crippen LogP contribution >= 0.6 is 15.9 Å². The summed E-state index contributed by atoms with van der Waals surface area (Å²) in [5, 5.41) is 5.43. The lowest BCUT2D eigenvalue weighted by atomic mass is 9.83. The van der Waals surface area contributed by atoms with Crippen molar-refractivity contribution in [3.8, 4) is 0 Å². The lowest BCUT2D eigenvalue weighted by Gasteiger charge is -2.29. The van der Waals surface area contributed by atoms with Gasteiger partial charge in [-0.3, -0.25) is 9.59 Å². The molecule has 110 valence electrons. The summed E-state index contributed by atoms with van der Waals surface area (Å²) in [6, 6.07) is 2.75. The molecule has 5 nitrogen and oxygen atoms in total. The Kier molecular flexibility index (Phi) is 5.23. The Labute approximate surface area is 126 Å². The molecule has 1 aromatic rings. The summed E-state index contributed by atoms with van der Waals surface area (Å²) in [6.07, 6.45) is 5.37. The van der Waals surface area contributed by atoms with E-state index in [1.807, 2.05) is 0 Å². The SMILES string of the molecule is CNC(=O)C(NC(=O)c1ccc(Br)o1)C1CCCCC1. The van der Waals surface area contributed by atoms with Gasteiger partial charge in [-0.2, -0.15) is 0 Å². The summed E-state index contributed by atoms with van der Waals surface area (Å²) >= 11 is 3.16. The van der Waals surface area contributed by atoms with Crippen molar-refractivity contribution in [3.05, 3.63) is 22.6 Å². The Morgan fingerprint density at radius 1 is 1.30 bits per heavy atom. The van der Waals surface area contributed by atoms with Gasteiger partial charge in [-0.25, -0.2) is 0 Å². The Morgan fingerprint density at radius 2 is 2.00 bits per heavy atom. The van der Waals surface area contributed by atoms with Gasteiger partial charge in [-0.15, -0.1) is 0 Å². The average molecular weight is 343 g/mol. The Balaban J connectivity index is 2.07. The lowest BCUT2D eigenvalue weighted by Crippen LogP contribution is -2.50. The second-order valence-corrected chi connectivity index (χ2v) is 5.85. The van der Waals surface area contributed by atoms with Crippen LogP contribution in [0.1, 0.15) is 42.7 Å². The molecule has 1 aliphatic rings. The van der Waals surface area contributed by atoms with E-state index >= 15 is 0 Å². The number of furan rings is 1. The van der Waals surface area contributed by atoms with Crippen molar-refractivity contribution in [2.45, 2.75) is 38.1 Å². The van der Waals surface area contributed by atoms with Crippen LogP contribution in [0.25, 0.3) is 0 Å². The van der Waals surface area contributed by atoms with Crippen LogP contribution in [0.5, 0.6) is 0 Å². The monoisotopic (exact) mass is 342 g/mol. The highest BCUT2D eigenvalue weighted by Gasteiger charge is 2.31. The van der Waals surface area contributed by atoms with E-state index in [1.54, 1.807) is 19.2 Å². The molecule has 1 aliphatic carbocycles. The summed E-state index contributed by atoms with van der Waals surface area (Å²) in [7, 11) is 1.59. The molecule has 1 heterocycles. The fourth-order valence-corrected chi connectivity index (χ4v) is 2.98. The van der Waals surface area contributed by atoms with Crippen LogP contribution in [0, 0.1) is 5.92 Å². The van der Waals surface area contributed by atoms with Crippen LogP contribution in [0.2, 0.25) is 0 Å². The van der Waals surface area contributed by atoms with Crippen LogP contribution in [0.4, 0.5) is 0 Å². The number of carbonyl (C=O) groups is 2. The predicted octanol–water partition coefficient (Wildman–Crippen LogP) is 2.47. The Bertz CT molecular complexity index is 481. The van der Waals surface area contributed by atoms with Crippen LogP contribution in [0.3, 0.4) is 0 Å². The van der Waals surface area contributed by atoms with Gasteiger partial charge in [0, 0.05) is 7.05 Å². The molecular formula is C14H19BrN2O3. The van der Waals surface area contributed by atoms with Gasteiger partial charge in [0.1, 0.15) is 6.04 Å². The molecule has 6 heteroatoms. The summed E-state index contributed by atoms with van der Waals surface area (Å²) < 4.78 is 5.72. The third kappa shape index (κ3) is 3.62. The standard InChI is InChI=1S/C14H19BrN2O3/c1-16-14(19)12(9-5-3-2-4-6-9)17-13(18)10-7-8-11(15)20-10/h7-9,12H,2-6H2,1H3,(H,16,19)(H,17,18). The third-order valence-electron chi connectivity index (χ3n) is 3.73. The van der Waals surface area contributed by atoms with E-state index < -0.39 is 6.04 Å². The lowest BCUT2D eigenvalue weighted by molar-refractivity contribution is -0.124. The van der Waals surface area contributed by atoms with Gasteiger partial charge >= 0.3 is 0 Å². The molecule has 1 aromatic heterocycles. The van der Waals surface area contributed by atoms with E-state index in [9.17, 15) is 9.59 Å². The molecule has 2 amide bonds. The molecule has 0 spiro atoms. The van der Waals surface area contributed by atoms with Crippen molar-refractivity contribution < 1.29 is 14.0 Å². The van der Waals surface area contributed by atoms with Crippen molar-refractivity contribution in [3.63, 3.8) is 0 Å². The first-order valence-electron chi connectivity index (χ1n) is 6.89. The molecular weight excluding hydrogens is 324 g/mol.